The van der Waals surface area contributed by atoms with Gasteiger partial charge in [0.05, 0.1) is 27.0 Å². The Hall–Kier alpha value is -5.21. The number of likely N-dealkylation sites (tertiary alicyclic amines) is 2. The number of nitrogens with zero attached hydrogens (tertiary/aromatic N) is 4. The highest BCUT2D eigenvalue weighted by Gasteiger charge is 2.29. The summed E-state index contributed by atoms with van der Waals surface area (Å²) in [5.41, 5.74) is 5.06. The van der Waals surface area contributed by atoms with E-state index in [1.165, 1.54) is 5.56 Å². The van der Waals surface area contributed by atoms with Crippen molar-refractivity contribution in [3.8, 4) is 22.6 Å². The number of pyridine rings is 1. The third-order valence-corrected chi connectivity index (χ3v) is 11.0. The van der Waals surface area contributed by atoms with Gasteiger partial charge < -0.3 is 29.6 Å². The first kappa shape index (κ1) is 36.2. The van der Waals surface area contributed by atoms with Crippen molar-refractivity contribution in [3.63, 3.8) is 0 Å². The maximum atomic E-state index is 13.3. The molecule has 5 heterocycles. The molecule has 3 amide bonds. The van der Waals surface area contributed by atoms with Crippen LogP contribution in [0, 0.1) is 0 Å². The van der Waals surface area contributed by atoms with E-state index in [9.17, 15) is 19.2 Å². The average Bonchev–Trinajstić information content (AvgIpc) is 3.68. The summed E-state index contributed by atoms with van der Waals surface area (Å²) in [6.07, 6.45) is 8.02. The standard InChI is InChI=1S/C39H48N8O6/c1-45-22-31(29-21-41-44-37(29)39(45)51)26-18-33(52-2)30(34(19-26)53-3)20-40-27-12-16-47(17-13-27)36(49)23-46-14-10-25(11-15-46)24-4-6-28(7-5-24)42-32-8-9-35(48)43-38(32)50/h4-7,18-19,21-22,25,27,32,40,42H,8-17,20,23H2,1-3H3,(H,41,44)(H,43,48,50). The molecule has 14 nitrogen and oxygen atoms in total. The van der Waals surface area contributed by atoms with Gasteiger partial charge in [0, 0.05) is 67.5 Å². The summed E-state index contributed by atoms with van der Waals surface area (Å²) >= 11 is 0. The number of carbonyl (C=O) groups is 3. The van der Waals surface area contributed by atoms with Gasteiger partial charge in [-0.3, -0.25) is 34.5 Å². The fraction of sp³-hybridized carbons (Fsp3) is 0.462. The van der Waals surface area contributed by atoms with E-state index >= 15 is 0 Å². The number of fused-ring (bicyclic) bond motifs is 1. The summed E-state index contributed by atoms with van der Waals surface area (Å²) in [6.45, 7) is 4.18. The van der Waals surface area contributed by atoms with Crippen molar-refractivity contribution in [2.45, 2.75) is 63.1 Å². The minimum absolute atomic E-state index is 0.141. The van der Waals surface area contributed by atoms with Gasteiger partial charge in [0.15, 0.2) is 0 Å². The van der Waals surface area contributed by atoms with Crippen LogP contribution in [0.15, 0.2) is 53.6 Å². The first-order valence-electron chi connectivity index (χ1n) is 18.4. The lowest BCUT2D eigenvalue weighted by Gasteiger charge is -2.36. The van der Waals surface area contributed by atoms with Gasteiger partial charge in [0.1, 0.15) is 23.1 Å². The quantitative estimate of drug-likeness (QED) is 0.169. The number of hydrogen-bond acceptors (Lipinski definition) is 10. The Balaban J connectivity index is 0.873. The van der Waals surface area contributed by atoms with E-state index in [2.05, 4.69) is 43.2 Å². The van der Waals surface area contributed by atoms with Crippen LogP contribution in [0.4, 0.5) is 5.69 Å². The summed E-state index contributed by atoms with van der Waals surface area (Å²) < 4.78 is 13.2. The van der Waals surface area contributed by atoms with Crippen LogP contribution in [0.25, 0.3) is 22.0 Å². The molecule has 2 aromatic heterocycles. The molecule has 2 aromatic carbocycles. The summed E-state index contributed by atoms with van der Waals surface area (Å²) in [4.78, 5) is 53.7. The number of nitrogens with one attached hydrogen (secondary N) is 4. The number of methoxy groups -OCH3 is 2. The molecule has 4 aromatic rings. The topological polar surface area (TPSA) is 163 Å². The molecule has 3 fully saturated rings. The minimum Gasteiger partial charge on any atom is -0.496 e. The third-order valence-electron chi connectivity index (χ3n) is 11.0. The van der Waals surface area contributed by atoms with Crippen LogP contribution in [-0.2, 0) is 28.0 Å². The van der Waals surface area contributed by atoms with Gasteiger partial charge in [-0.2, -0.15) is 5.10 Å². The van der Waals surface area contributed by atoms with Crippen molar-refractivity contribution >= 4 is 34.3 Å². The van der Waals surface area contributed by atoms with Gasteiger partial charge in [-0.1, -0.05) is 12.1 Å². The van der Waals surface area contributed by atoms with Gasteiger partial charge in [-0.25, -0.2) is 0 Å². The molecule has 0 radical (unpaired) electrons. The molecule has 3 aliphatic rings. The second-order valence-electron chi connectivity index (χ2n) is 14.3. The molecule has 280 valence electrons. The summed E-state index contributed by atoms with van der Waals surface area (Å²) in [5.74, 6) is 1.51. The molecular formula is C39H48N8O6. The van der Waals surface area contributed by atoms with Crippen molar-refractivity contribution in [1.29, 1.82) is 0 Å². The van der Waals surface area contributed by atoms with E-state index in [0.29, 0.717) is 62.0 Å². The van der Waals surface area contributed by atoms with Crippen molar-refractivity contribution in [3.05, 3.63) is 70.3 Å². The molecule has 0 spiro atoms. The molecule has 4 N–H and O–H groups in total. The van der Waals surface area contributed by atoms with E-state index in [1.807, 2.05) is 29.2 Å². The second kappa shape index (κ2) is 15.8. The molecule has 0 bridgehead atoms. The Morgan fingerprint density at radius 1 is 0.943 bits per heavy atom. The van der Waals surface area contributed by atoms with Crippen LogP contribution in [0.1, 0.15) is 55.6 Å². The minimum atomic E-state index is -0.394. The summed E-state index contributed by atoms with van der Waals surface area (Å²) in [5, 5.41) is 17.0. The van der Waals surface area contributed by atoms with Gasteiger partial charge in [0.25, 0.3) is 5.56 Å². The zero-order valence-electron chi connectivity index (χ0n) is 30.6. The highest BCUT2D eigenvalue weighted by atomic mass is 16.5. The number of H-pyrrole nitrogens is 1. The third kappa shape index (κ3) is 7.93. The number of ether oxygens (including phenoxy) is 2. The van der Waals surface area contributed by atoms with Crippen molar-refractivity contribution in [2.75, 3.05) is 52.3 Å². The van der Waals surface area contributed by atoms with Crippen molar-refractivity contribution in [1.82, 2.24) is 35.2 Å². The zero-order chi connectivity index (χ0) is 37.1. The second-order valence-corrected chi connectivity index (χ2v) is 14.3. The molecule has 0 aliphatic carbocycles. The van der Waals surface area contributed by atoms with E-state index < -0.39 is 6.04 Å². The number of aromatic amines is 1. The maximum Gasteiger partial charge on any atom is 0.276 e. The SMILES string of the molecule is COc1cc(-c2cn(C)c(=O)c3[nH]ncc23)cc(OC)c1CNC1CCN(C(=O)CN2CCC(c3ccc(NC4CCC(=O)NC4=O)cc3)CC2)CC1. The van der Waals surface area contributed by atoms with Gasteiger partial charge in [-0.15, -0.1) is 0 Å². The number of amides is 3. The molecule has 3 aliphatic heterocycles. The van der Waals surface area contributed by atoms with Crippen molar-refractivity contribution in [2.24, 2.45) is 7.05 Å². The highest BCUT2D eigenvalue weighted by molar-refractivity contribution is 6.01. The Morgan fingerprint density at radius 2 is 1.64 bits per heavy atom. The van der Waals surface area contributed by atoms with Gasteiger partial charge in [-0.05, 0) is 86.5 Å². The number of aryl methyl sites for hydroxylation is 1. The summed E-state index contributed by atoms with van der Waals surface area (Å²) in [6, 6.07) is 12.0. The number of carbonyl (C=O) groups excluding carboxylic acids is 3. The van der Waals surface area contributed by atoms with E-state index in [0.717, 1.165) is 66.5 Å². The van der Waals surface area contributed by atoms with Crippen LogP contribution < -0.4 is 31.0 Å². The lowest BCUT2D eigenvalue weighted by Crippen LogP contribution is -2.48. The van der Waals surface area contributed by atoms with Crippen LogP contribution in [0.3, 0.4) is 0 Å². The Labute approximate surface area is 308 Å². The Morgan fingerprint density at radius 3 is 2.30 bits per heavy atom. The molecule has 1 unspecified atom stereocenters. The van der Waals surface area contributed by atoms with Gasteiger partial charge >= 0.3 is 0 Å². The molecule has 7 rings (SSSR count). The van der Waals surface area contributed by atoms with Crippen LogP contribution in [0.2, 0.25) is 0 Å². The molecular weight excluding hydrogens is 676 g/mol. The average molecular weight is 725 g/mol. The first-order valence-corrected chi connectivity index (χ1v) is 18.4. The number of aromatic nitrogens is 3. The molecule has 3 saturated heterocycles. The van der Waals surface area contributed by atoms with Gasteiger partial charge in [0.2, 0.25) is 17.7 Å². The largest absolute Gasteiger partial charge is 0.496 e. The number of rotatable bonds is 11. The number of anilines is 1. The first-order chi connectivity index (χ1) is 25.7. The lowest BCUT2D eigenvalue weighted by molar-refractivity contribution is -0.134. The van der Waals surface area contributed by atoms with E-state index in [1.54, 1.807) is 38.2 Å². The molecule has 1 atom stereocenters. The predicted octanol–water partition coefficient (Wildman–Crippen LogP) is 3.12. The summed E-state index contributed by atoms with van der Waals surface area (Å²) in [7, 11) is 5.01. The highest BCUT2D eigenvalue weighted by Crippen LogP contribution is 2.37. The molecule has 0 saturated carbocycles. The molecule has 14 heteroatoms. The van der Waals surface area contributed by atoms with Crippen molar-refractivity contribution < 1.29 is 23.9 Å². The Bertz CT molecular complexity index is 2000. The zero-order valence-corrected chi connectivity index (χ0v) is 30.6. The van der Waals surface area contributed by atoms with Crippen LogP contribution in [0.5, 0.6) is 11.5 Å². The lowest BCUT2D eigenvalue weighted by atomic mass is 9.89. The monoisotopic (exact) mass is 724 g/mol. The number of benzene rings is 2. The Kier molecular flexibility index (Phi) is 10.8. The number of imide groups is 1. The fourth-order valence-electron chi connectivity index (χ4n) is 7.87. The predicted molar refractivity (Wildman–Crippen MR) is 201 cm³/mol. The normalized spacial score (nSPS) is 19.0. The fourth-order valence-corrected chi connectivity index (χ4v) is 7.87. The number of hydrogen-bond donors (Lipinski definition) is 4. The van der Waals surface area contributed by atoms with E-state index in [-0.39, 0.29) is 29.3 Å². The van der Waals surface area contributed by atoms with Crippen LogP contribution in [-0.4, -0.2) is 101 Å². The number of piperidine rings is 3. The smallest absolute Gasteiger partial charge is 0.276 e. The van der Waals surface area contributed by atoms with E-state index in [4.69, 9.17) is 9.47 Å². The van der Waals surface area contributed by atoms with Crippen LogP contribution >= 0.6 is 0 Å². The maximum absolute atomic E-state index is 13.3. The molecule has 53 heavy (non-hydrogen) atoms.